The number of nitriles is 1. The van der Waals surface area contributed by atoms with Crippen molar-refractivity contribution in [3.8, 4) is 6.07 Å². The van der Waals surface area contributed by atoms with Gasteiger partial charge < -0.3 is 5.32 Å². The third-order valence-electron chi connectivity index (χ3n) is 4.47. The standard InChI is InChI=1S/C18H26N2OS/c1-18(2,3)15-12-22-17(14(15)11-19)20-16(21)10-9-13-7-5-4-6-8-13/h12-13H,4-10H2,1-3H3,(H,20,21). The highest BCUT2D eigenvalue weighted by atomic mass is 32.1. The fourth-order valence-corrected chi connectivity index (χ4v) is 4.27. The summed E-state index contributed by atoms with van der Waals surface area (Å²) in [5.41, 5.74) is 1.57. The molecular weight excluding hydrogens is 292 g/mol. The summed E-state index contributed by atoms with van der Waals surface area (Å²) in [7, 11) is 0. The van der Waals surface area contributed by atoms with Crippen LogP contribution in [-0.2, 0) is 10.2 Å². The predicted molar refractivity (Wildman–Crippen MR) is 92.2 cm³/mol. The topological polar surface area (TPSA) is 52.9 Å². The van der Waals surface area contributed by atoms with Gasteiger partial charge in [-0.15, -0.1) is 11.3 Å². The van der Waals surface area contributed by atoms with E-state index in [0.717, 1.165) is 12.0 Å². The summed E-state index contributed by atoms with van der Waals surface area (Å²) in [6.45, 7) is 6.26. The number of carbonyl (C=O) groups excluding carboxylic acids is 1. The Kier molecular flexibility index (Phi) is 5.63. The molecule has 0 aromatic carbocycles. The van der Waals surface area contributed by atoms with E-state index in [2.05, 4.69) is 32.2 Å². The van der Waals surface area contributed by atoms with Crippen LogP contribution in [0, 0.1) is 17.2 Å². The van der Waals surface area contributed by atoms with Crippen LogP contribution >= 0.6 is 11.3 Å². The van der Waals surface area contributed by atoms with E-state index in [1.807, 2.05) is 5.38 Å². The largest absolute Gasteiger partial charge is 0.317 e. The number of amides is 1. The number of anilines is 1. The molecule has 1 amide bonds. The first-order valence-electron chi connectivity index (χ1n) is 8.23. The summed E-state index contributed by atoms with van der Waals surface area (Å²) >= 11 is 1.46. The lowest BCUT2D eigenvalue weighted by molar-refractivity contribution is -0.116. The molecule has 2 rings (SSSR count). The van der Waals surface area contributed by atoms with E-state index >= 15 is 0 Å². The predicted octanol–water partition coefficient (Wildman–Crippen LogP) is 5.22. The van der Waals surface area contributed by atoms with Crippen LogP contribution < -0.4 is 5.32 Å². The van der Waals surface area contributed by atoms with Gasteiger partial charge in [-0.2, -0.15) is 5.26 Å². The van der Waals surface area contributed by atoms with E-state index < -0.39 is 0 Å². The van der Waals surface area contributed by atoms with Gasteiger partial charge in [0.05, 0.1) is 5.56 Å². The monoisotopic (exact) mass is 318 g/mol. The molecule has 1 aliphatic carbocycles. The fraction of sp³-hybridized carbons (Fsp3) is 0.667. The van der Waals surface area contributed by atoms with Gasteiger partial charge >= 0.3 is 0 Å². The van der Waals surface area contributed by atoms with Gasteiger partial charge in [0.25, 0.3) is 0 Å². The summed E-state index contributed by atoms with van der Waals surface area (Å²) in [6.07, 6.45) is 8.05. The molecule has 1 heterocycles. The zero-order valence-electron chi connectivity index (χ0n) is 13.9. The summed E-state index contributed by atoms with van der Waals surface area (Å²) in [5.74, 6) is 0.757. The van der Waals surface area contributed by atoms with Gasteiger partial charge in [-0.25, -0.2) is 0 Å². The summed E-state index contributed by atoms with van der Waals surface area (Å²) in [6, 6.07) is 2.26. The molecular formula is C18H26N2OS. The Labute approximate surface area is 137 Å². The lowest BCUT2D eigenvalue weighted by Crippen LogP contribution is -2.16. The molecule has 3 nitrogen and oxygen atoms in total. The van der Waals surface area contributed by atoms with Gasteiger partial charge in [0.15, 0.2) is 0 Å². The molecule has 0 saturated heterocycles. The summed E-state index contributed by atoms with van der Waals surface area (Å²) in [5, 5.41) is 15.1. The molecule has 1 aliphatic rings. The van der Waals surface area contributed by atoms with E-state index in [-0.39, 0.29) is 11.3 Å². The van der Waals surface area contributed by atoms with Crippen molar-refractivity contribution in [2.45, 2.75) is 71.1 Å². The van der Waals surface area contributed by atoms with Crippen LogP contribution in [-0.4, -0.2) is 5.91 Å². The van der Waals surface area contributed by atoms with Crippen LogP contribution in [0.25, 0.3) is 0 Å². The Morgan fingerprint density at radius 2 is 2.05 bits per heavy atom. The van der Waals surface area contributed by atoms with E-state index in [4.69, 9.17) is 0 Å². The van der Waals surface area contributed by atoms with Crippen LogP contribution in [0.2, 0.25) is 0 Å². The normalized spacial score (nSPS) is 16.3. The lowest BCUT2D eigenvalue weighted by atomic mass is 9.86. The van der Waals surface area contributed by atoms with Crippen molar-refractivity contribution in [3.63, 3.8) is 0 Å². The minimum atomic E-state index is -0.0767. The van der Waals surface area contributed by atoms with Crippen molar-refractivity contribution < 1.29 is 4.79 Å². The third kappa shape index (κ3) is 4.33. The highest BCUT2D eigenvalue weighted by Crippen LogP contribution is 2.35. The van der Waals surface area contributed by atoms with Gasteiger partial charge in [0.2, 0.25) is 5.91 Å². The van der Waals surface area contributed by atoms with Crippen molar-refractivity contribution in [3.05, 3.63) is 16.5 Å². The molecule has 1 N–H and O–H groups in total. The minimum absolute atomic E-state index is 0.0457. The van der Waals surface area contributed by atoms with Gasteiger partial charge in [-0.05, 0) is 28.7 Å². The second kappa shape index (κ2) is 7.28. The van der Waals surface area contributed by atoms with Crippen molar-refractivity contribution in [1.82, 2.24) is 0 Å². The number of nitrogens with one attached hydrogen (secondary N) is 1. The molecule has 120 valence electrons. The van der Waals surface area contributed by atoms with E-state index in [9.17, 15) is 10.1 Å². The first kappa shape index (κ1) is 17.0. The molecule has 1 saturated carbocycles. The van der Waals surface area contributed by atoms with Gasteiger partial charge in [-0.1, -0.05) is 52.9 Å². The third-order valence-corrected chi connectivity index (χ3v) is 5.36. The van der Waals surface area contributed by atoms with E-state index in [0.29, 0.717) is 22.9 Å². The van der Waals surface area contributed by atoms with Crippen LogP contribution in [0.15, 0.2) is 5.38 Å². The Morgan fingerprint density at radius 3 is 2.64 bits per heavy atom. The van der Waals surface area contributed by atoms with Crippen LogP contribution in [0.5, 0.6) is 0 Å². The number of thiophene rings is 1. The molecule has 0 unspecified atom stereocenters. The maximum absolute atomic E-state index is 12.2. The minimum Gasteiger partial charge on any atom is -0.317 e. The number of carbonyl (C=O) groups is 1. The number of hydrogen-bond acceptors (Lipinski definition) is 3. The van der Waals surface area contributed by atoms with Crippen LogP contribution in [0.3, 0.4) is 0 Å². The second-order valence-electron chi connectivity index (χ2n) is 7.31. The molecule has 0 radical (unpaired) electrons. The lowest BCUT2D eigenvalue weighted by Gasteiger charge is -2.21. The fourth-order valence-electron chi connectivity index (χ4n) is 3.11. The second-order valence-corrected chi connectivity index (χ2v) is 8.19. The molecule has 0 bridgehead atoms. The molecule has 1 aromatic heterocycles. The summed E-state index contributed by atoms with van der Waals surface area (Å²) < 4.78 is 0. The first-order chi connectivity index (χ1) is 10.4. The molecule has 1 aromatic rings. The Morgan fingerprint density at radius 1 is 1.36 bits per heavy atom. The Balaban J connectivity index is 1.94. The zero-order valence-corrected chi connectivity index (χ0v) is 14.7. The van der Waals surface area contributed by atoms with Crippen molar-refractivity contribution in [1.29, 1.82) is 5.26 Å². The average molecular weight is 318 g/mol. The van der Waals surface area contributed by atoms with Gasteiger partial charge in [-0.3, -0.25) is 4.79 Å². The van der Waals surface area contributed by atoms with Crippen molar-refractivity contribution in [2.24, 2.45) is 5.92 Å². The highest BCUT2D eigenvalue weighted by Gasteiger charge is 2.23. The van der Waals surface area contributed by atoms with Gasteiger partial charge in [0.1, 0.15) is 11.1 Å². The van der Waals surface area contributed by atoms with Crippen molar-refractivity contribution >= 4 is 22.2 Å². The summed E-state index contributed by atoms with van der Waals surface area (Å²) in [4.78, 5) is 12.2. The maximum atomic E-state index is 12.2. The molecule has 0 spiro atoms. The Hall–Kier alpha value is -1.34. The Bertz CT molecular complexity index is 557. The quantitative estimate of drug-likeness (QED) is 0.827. The van der Waals surface area contributed by atoms with Gasteiger partial charge in [0, 0.05) is 6.42 Å². The van der Waals surface area contributed by atoms with Crippen LogP contribution in [0.4, 0.5) is 5.00 Å². The smallest absolute Gasteiger partial charge is 0.225 e. The average Bonchev–Trinajstić information content (AvgIpc) is 2.89. The number of rotatable bonds is 4. The van der Waals surface area contributed by atoms with Crippen molar-refractivity contribution in [2.75, 3.05) is 5.32 Å². The SMILES string of the molecule is CC(C)(C)c1csc(NC(=O)CCC2CCCCC2)c1C#N. The van der Waals surface area contributed by atoms with Crippen LogP contribution in [0.1, 0.15) is 76.8 Å². The van der Waals surface area contributed by atoms with E-state index in [1.54, 1.807) is 0 Å². The number of nitrogens with zero attached hydrogens (tertiary/aromatic N) is 1. The van der Waals surface area contributed by atoms with E-state index in [1.165, 1.54) is 43.4 Å². The highest BCUT2D eigenvalue weighted by molar-refractivity contribution is 7.14. The first-order valence-corrected chi connectivity index (χ1v) is 9.11. The molecule has 0 aliphatic heterocycles. The zero-order chi connectivity index (χ0) is 16.2. The molecule has 4 heteroatoms. The number of hydrogen-bond donors (Lipinski definition) is 1. The maximum Gasteiger partial charge on any atom is 0.225 e. The molecule has 22 heavy (non-hydrogen) atoms. The molecule has 1 fully saturated rings. The molecule has 0 atom stereocenters.